The van der Waals surface area contributed by atoms with Crippen molar-refractivity contribution in [1.82, 2.24) is 10.6 Å². The van der Waals surface area contributed by atoms with Crippen molar-refractivity contribution in [3.8, 4) is 0 Å². The fraction of sp³-hybridized carbons (Fsp3) is 0.462. The first-order valence-corrected chi connectivity index (χ1v) is 8.43. The monoisotopic (exact) mass is 298 g/mol. The molecule has 112 valence electrons. The molecule has 1 aromatic carbocycles. The summed E-state index contributed by atoms with van der Waals surface area (Å²) in [5.41, 5.74) is 1.39. The number of sulfonamides is 1. The summed E-state index contributed by atoms with van der Waals surface area (Å²) in [6.07, 6.45) is 1.13. The third kappa shape index (κ3) is 5.92. The van der Waals surface area contributed by atoms with Crippen LogP contribution in [-0.4, -0.2) is 33.7 Å². The van der Waals surface area contributed by atoms with Gasteiger partial charge in [0.25, 0.3) is 0 Å². The Morgan fingerprint density at radius 1 is 1.15 bits per heavy atom. The molecule has 0 aliphatic heterocycles. The van der Waals surface area contributed by atoms with E-state index in [-0.39, 0.29) is 0 Å². The van der Waals surface area contributed by atoms with Gasteiger partial charge in [-0.05, 0) is 25.5 Å². The van der Waals surface area contributed by atoms with E-state index >= 15 is 0 Å². The van der Waals surface area contributed by atoms with E-state index in [0.717, 1.165) is 24.9 Å². The van der Waals surface area contributed by atoms with Gasteiger partial charge in [0, 0.05) is 13.1 Å². The number of benzene rings is 1. The van der Waals surface area contributed by atoms with Crippen molar-refractivity contribution in [1.29, 1.82) is 0 Å². The number of nitrogens with one attached hydrogen (secondary N) is 3. The second-order valence-corrected chi connectivity index (χ2v) is 6.01. The first-order chi connectivity index (χ1) is 9.46. The highest BCUT2D eigenvalue weighted by atomic mass is 32.2. The molecule has 0 unspecified atom stereocenters. The highest BCUT2D eigenvalue weighted by molar-refractivity contribution is 7.92. The molecule has 0 fully saturated rings. The number of hydrogen-bond donors (Lipinski definition) is 3. The molecule has 0 saturated carbocycles. The Balaban J connectivity index is 2.88. The maximum absolute atomic E-state index is 11.3. The van der Waals surface area contributed by atoms with Crippen LogP contribution in [0.5, 0.6) is 0 Å². The Hall–Kier alpha value is -1.76. The molecule has 0 saturated heterocycles. The van der Waals surface area contributed by atoms with E-state index < -0.39 is 10.0 Å². The zero-order valence-corrected chi connectivity index (χ0v) is 12.9. The number of hydrogen-bond acceptors (Lipinski definition) is 3. The lowest BCUT2D eigenvalue weighted by atomic mass is 10.2. The van der Waals surface area contributed by atoms with Gasteiger partial charge in [0.15, 0.2) is 5.96 Å². The molecule has 0 amide bonds. The Kier molecular flexibility index (Phi) is 6.30. The summed E-state index contributed by atoms with van der Waals surface area (Å²) in [6.45, 7) is 5.93. The van der Waals surface area contributed by atoms with Gasteiger partial charge < -0.3 is 10.6 Å². The van der Waals surface area contributed by atoms with Gasteiger partial charge in [0.05, 0.1) is 18.5 Å². The lowest BCUT2D eigenvalue weighted by Gasteiger charge is -2.11. The van der Waals surface area contributed by atoms with Crippen molar-refractivity contribution < 1.29 is 8.42 Å². The fourth-order valence-corrected chi connectivity index (χ4v) is 2.23. The van der Waals surface area contributed by atoms with Gasteiger partial charge >= 0.3 is 0 Å². The summed E-state index contributed by atoms with van der Waals surface area (Å²) < 4.78 is 25.1. The van der Waals surface area contributed by atoms with E-state index in [0.29, 0.717) is 18.2 Å². The molecule has 6 nitrogen and oxygen atoms in total. The fourth-order valence-electron chi connectivity index (χ4n) is 1.63. The van der Waals surface area contributed by atoms with Crippen LogP contribution in [0.4, 0.5) is 5.69 Å². The minimum atomic E-state index is -3.29. The summed E-state index contributed by atoms with van der Waals surface area (Å²) in [7, 11) is -3.29. The Labute approximate surface area is 120 Å². The maximum atomic E-state index is 11.3. The van der Waals surface area contributed by atoms with Gasteiger partial charge in [-0.2, -0.15) is 0 Å². The van der Waals surface area contributed by atoms with Crippen LogP contribution in [0.2, 0.25) is 0 Å². The van der Waals surface area contributed by atoms with E-state index in [2.05, 4.69) is 20.3 Å². The molecule has 3 N–H and O–H groups in total. The highest BCUT2D eigenvalue weighted by Crippen LogP contribution is 2.17. The van der Waals surface area contributed by atoms with Crippen molar-refractivity contribution in [2.24, 2.45) is 4.99 Å². The molecule has 0 heterocycles. The van der Waals surface area contributed by atoms with Crippen molar-refractivity contribution in [2.75, 3.05) is 24.1 Å². The molecule has 1 rings (SSSR count). The van der Waals surface area contributed by atoms with Gasteiger partial charge in [0.2, 0.25) is 10.0 Å². The lowest BCUT2D eigenvalue weighted by Crippen LogP contribution is -2.37. The van der Waals surface area contributed by atoms with E-state index in [9.17, 15) is 8.42 Å². The van der Waals surface area contributed by atoms with Gasteiger partial charge in [-0.1, -0.05) is 18.2 Å². The predicted octanol–water partition coefficient (Wildman–Crippen LogP) is 1.13. The van der Waals surface area contributed by atoms with E-state index in [1.54, 1.807) is 12.1 Å². The molecule has 0 radical (unpaired) electrons. The highest BCUT2D eigenvalue weighted by Gasteiger charge is 2.06. The second kappa shape index (κ2) is 7.74. The van der Waals surface area contributed by atoms with Crippen LogP contribution in [-0.2, 0) is 16.6 Å². The number of nitrogens with zero attached hydrogens (tertiary/aromatic N) is 1. The third-order valence-corrected chi connectivity index (χ3v) is 3.00. The van der Waals surface area contributed by atoms with Crippen LogP contribution in [0.3, 0.4) is 0 Å². The Bertz CT molecular complexity index is 547. The standard InChI is InChI=1S/C13H22N4O2S/c1-4-14-13(15-5-2)16-10-11-8-6-7-9-12(11)17-20(3,18)19/h6-9,17H,4-5,10H2,1-3H3,(H2,14,15,16). The van der Waals surface area contributed by atoms with Crippen molar-refractivity contribution in [3.05, 3.63) is 29.8 Å². The van der Waals surface area contributed by atoms with Crippen LogP contribution in [0.15, 0.2) is 29.3 Å². The summed E-state index contributed by atoms with van der Waals surface area (Å²) in [4.78, 5) is 4.42. The van der Waals surface area contributed by atoms with Crippen molar-refractivity contribution in [2.45, 2.75) is 20.4 Å². The number of guanidine groups is 1. The average molecular weight is 298 g/mol. The summed E-state index contributed by atoms with van der Waals surface area (Å²) >= 11 is 0. The smallest absolute Gasteiger partial charge is 0.229 e. The Morgan fingerprint density at radius 2 is 1.75 bits per heavy atom. The van der Waals surface area contributed by atoms with E-state index in [1.165, 1.54) is 0 Å². The molecule has 20 heavy (non-hydrogen) atoms. The molecule has 1 aromatic rings. The SMILES string of the molecule is CCNC(=NCc1ccccc1NS(C)(=O)=O)NCC. The maximum Gasteiger partial charge on any atom is 0.229 e. The molecular weight excluding hydrogens is 276 g/mol. The summed E-state index contributed by atoms with van der Waals surface area (Å²) in [5.74, 6) is 0.712. The first kappa shape index (κ1) is 16.3. The number of aliphatic imine (C=N–C) groups is 1. The largest absolute Gasteiger partial charge is 0.357 e. The van der Waals surface area contributed by atoms with Crippen molar-refractivity contribution >= 4 is 21.7 Å². The second-order valence-electron chi connectivity index (χ2n) is 4.26. The van der Waals surface area contributed by atoms with Crippen LogP contribution in [0, 0.1) is 0 Å². The van der Waals surface area contributed by atoms with Crippen LogP contribution in [0.1, 0.15) is 19.4 Å². The van der Waals surface area contributed by atoms with E-state index in [4.69, 9.17) is 0 Å². The van der Waals surface area contributed by atoms with Gasteiger partial charge in [-0.25, -0.2) is 13.4 Å². The molecule has 0 aliphatic carbocycles. The van der Waals surface area contributed by atoms with E-state index in [1.807, 2.05) is 26.0 Å². The lowest BCUT2D eigenvalue weighted by molar-refractivity contribution is 0.606. The topological polar surface area (TPSA) is 82.6 Å². The third-order valence-electron chi connectivity index (χ3n) is 2.41. The zero-order valence-electron chi connectivity index (χ0n) is 12.1. The van der Waals surface area contributed by atoms with Gasteiger partial charge in [-0.3, -0.25) is 4.72 Å². The predicted molar refractivity (Wildman–Crippen MR) is 83.4 cm³/mol. The summed E-state index contributed by atoms with van der Waals surface area (Å²) in [6, 6.07) is 7.23. The first-order valence-electron chi connectivity index (χ1n) is 6.54. The molecule has 0 spiro atoms. The van der Waals surface area contributed by atoms with Gasteiger partial charge in [0.1, 0.15) is 0 Å². The molecule has 7 heteroatoms. The molecule has 0 bridgehead atoms. The number of anilines is 1. The minimum Gasteiger partial charge on any atom is -0.357 e. The normalized spacial score (nSPS) is 10.8. The van der Waals surface area contributed by atoms with Crippen LogP contribution >= 0.6 is 0 Å². The zero-order chi connectivity index (χ0) is 15.0. The molecule has 0 atom stereocenters. The average Bonchev–Trinajstić information content (AvgIpc) is 2.36. The Morgan fingerprint density at radius 3 is 2.30 bits per heavy atom. The number of para-hydroxylation sites is 1. The molecular formula is C13H22N4O2S. The molecule has 0 aromatic heterocycles. The summed E-state index contributed by atoms with van der Waals surface area (Å²) in [5, 5.41) is 6.24. The molecule has 0 aliphatic rings. The number of rotatable bonds is 6. The van der Waals surface area contributed by atoms with Crippen molar-refractivity contribution in [3.63, 3.8) is 0 Å². The van der Waals surface area contributed by atoms with Crippen LogP contribution < -0.4 is 15.4 Å². The minimum absolute atomic E-state index is 0.397. The quantitative estimate of drug-likeness (QED) is 0.543. The van der Waals surface area contributed by atoms with Gasteiger partial charge in [-0.15, -0.1) is 0 Å². The van der Waals surface area contributed by atoms with Crippen LogP contribution in [0.25, 0.3) is 0 Å².